The van der Waals surface area contributed by atoms with Crippen molar-refractivity contribution >= 4 is 33.0 Å². The third-order valence-corrected chi connectivity index (χ3v) is 10.7. The van der Waals surface area contributed by atoms with Crippen LogP contribution in [0, 0.1) is 35.2 Å². The zero-order valence-corrected chi connectivity index (χ0v) is 23.4. The van der Waals surface area contributed by atoms with E-state index < -0.39 is 50.2 Å². The van der Waals surface area contributed by atoms with E-state index in [-0.39, 0.29) is 51.8 Å². The standard InChI is InChI=1S/C27H32ClF3N2O5S/c1-14-6-17-8-19(11-20(14)27(17,36)13-33(3)12-15(2)34)39(37,38)24-7-16(4-5-21(24)28)26(35)32-18-9-22(29)25(31)23(30)10-18/h4-5,7,9-10,14-15,17,19-20,34,36H,6,8,11-13H2,1-3H3,(H,32,35)/t14-,15?,17?,19+,20?,27+/m0/s1. The lowest BCUT2D eigenvalue weighted by Gasteiger charge is -2.45. The van der Waals surface area contributed by atoms with Crippen LogP contribution >= 0.6 is 11.6 Å². The molecule has 0 spiro atoms. The van der Waals surface area contributed by atoms with Gasteiger partial charge in [0.15, 0.2) is 27.3 Å². The average Bonchev–Trinajstić information content (AvgIpc) is 2.95. The van der Waals surface area contributed by atoms with Crippen molar-refractivity contribution in [2.75, 3.05) is 25.5 Å². The number of hydrogen-bond acceptors (Lipinski definition) is 6. The topological polar surface area (TPSA) is 107 Å². The molecule has 0 aliphatic heterocycles. The van der Waals surface area contributed by atoms with Crippen molar-refractivity contribution in [2.24, 2.45) is 17.8 Å². The van der Waals surface area contributed by atoms with Gasteiger partial charge in [-0.25, -0.2) is 21.6 Å². The first-order chi connectivity index (χ1) is 18.1. The van der Waals surface area contributed by atoms with Gasteiger partial charge in [0.1, 0.15) is 0 Å². The van der Waals surface area contributed by atoms with E-state index in [0.717, 1.165) is 6.07 Å². The first kappa shape index (κ1) is 29.8. The molecule has 4 rings (SSSR count). The summed E-state index contributed by atoms with van der Waals surface area (Å²) in [6.07, 6.45) is 0.512. The predicted octanol–water partition coefficient (Wildman–Crippen LogP) is 4.26. The molecule has 3 N–H and O–H groups in total. The zero-order valence-electron chi connectivity index (χ0n) is 21.8. The minimum atomic E-state index is -4.03. The molecule has 1 amide bonds. The molecule has 214 valence electrons. The van der Waals surface area contributed by atoms with Gasteiger partial charge in [0.05, 0.1) is 26.9 Å². The van der Waals surface area contributed by atoms with Gasteiger partial charge >= 0.3 is 0 Å². The highest BCUT2D eigenvalue weighted by molar-refractivity contribution is 7.92. The average molecular weight is 589 g/mol. The summed E-state index contributed by atoms with van der Waals surface area (Å²) < 4.78 is 67.9. The van der Waals surface area contributed by atoms with Crippen molar-refractivity contribution in [1.82, 2.24) is 4.90 Å². The molecule has 0 saturated heterocycles. The van der Waals surface area contributed by atoms with Gasteiger partial charge in [-0.3, -0.25) is 4.79 Å². The summed E-state index contributed by atoms with van der Waals surface area (Å²) in [4.78, 5) is 14.4. The number of carbonyl (C=O) groups is 1. The molecule has 2 fully saturated rings. The molecule has 0 heterocycles. The van der Waals surface area contributed by atoms with E-state index in [4.69, 9.17) is 11.6 Å². The lowest BCUT2D eigenvalue weighted by atomic mass is 9.73. The molecule has 39 heavy (non-hydrogen) atoms. The Hall–Kier alpha value is -2.18. The van der Waals surface area contributed by atoms with Gasteiger partial charge in [-0.05, 0) is 69.2 Å². The molecule has 2 saturated carbocycles. The van der Waals surface area contributed by atoms with Crippen LogP contribution < -0.4 is 5.32 Å². The molecular weight excluding hydrogens is 557 g/mol. The lowest BCUT2D eigenvalue weighted by molar-refractivity contribution is -0.0842. The van der Waals surface area contributed by atoms with Crippen LogP contribution in [-0.4, -0.2) is 66.5 Å². The number of hydrogen-bond donors (Lipinski definition) is 3. The van der Waals surface area contributed by atoms with Crippen molar-refractivity contribution in [1.29, 1.82) is 0 Å². The van der Waals surface area contributed by atoms with Crippen molar-refractivity contribution in [3.63, 3.8) is 0 Å². The number of benzene rings is 2. The predicted molar refractivity (Wildman–Crippen MR) is 141 cm³/mol. The number of carbonyl (C=O) groups excluding carboxylic acids is 1. The lowest BCUT2D eigenvalue weighted by Crippen LogP contribution is -2.55. The van der Waals surface area contributed by atoms with Crippen molar-refractivity contribution in [3.8, 4) is 0 Å². The fourth-order valence-corrected chi connectivity index (χ4v) is 8.74. The Labute approximate surface area is 230 Å². The molecule has 6 atom stereocenters. The quantitative estimate of drug-likeness (QED) is 0.398. The molecular formula is C27H32ClF3N2O5S. The van der Waals surface area contributed by atoms with Crippen molar-refractivity contribution in [2.45, 2.75) is 55.0 Å². The summed E-state index contributed by atoms with van der Waals surface area (Å²) >= 11 is 6.28. The number of likely N-dealkylation sites (N-methyl/N-ethyl adjacent to an activating group) is 1. The van der Waals surface area contributed by atoms with Crippen LogP contribution in [0.4, 0.5) is 18.9 Å². The molecule has 3 unspecified atom stereocenters. The van der Waals surface area contributed by atoms with Gasteiger partial charge in [-0.15, -0.1) is 0 Å². The molecule has 0 aromatic heterocycles. The van der Waals surface area contributed by atoms with Crippen LogP contribution in [0.1, 0.15) is 43.5 Å². The van der Waals surface area contributed by atoms with Crippen LogP contribution in [0.15, 0.2) is 35.2 Å². The Kier molecular flexibility index (Phi) is 8.41. The Morgan fingerprint density at radius 2 is 1.82 bits per heavy atom. The highest BCUT2D eigenvalue weighted by atomic mass is 35.5. The summed E-state index contributed by atoms with van der Waals surface area (Å²) in [5.41, 5.74) is -1.56. The number of fused-ring (bicyclic) bond motifs is 2. The number of aliphatic hydroxyl groups excluding tert-OH is 1. The number of halogens is 4. The number of sulfone groups is 1. The van der Waals surface area contributed by atoms with E-state index >= 15 is 0 Å². The Morgan fingerprint density at radius 1 is 1.18 bits per heavy atom. The SMILES string of the molecule is CC(O)CN(C)C[C@@]1(O)C2C[C@@H](S(=O)(=O)c3cc(C(=O)Nc4cc(F)c(F)c(F)c4)ccc3Cl)CC1[C@@H](C)C2. The molecule has 7 nitrogen and oxygen atoms in total. The molecule has 12 heteroatoms. The maximum absolute atomic E-state index is 13.8. The van der Waals surface area contributed by atoms with Crippen LogP contribution in [0.2, 0.25) is 5.02 Å². The number of amides is 1. The first-order valence-corrected chi connectivity index (χ1v) is 14.6. The maximum Gasteiger partial charge on any atom is 0.255 e. The summed E-state index contributed by atoms with van der Waals surface area (Å²) in [5, 5.41) is 22.7. The Morgan fingerprint density at radius 3 is 2.41 bits per heavy atom. The highest BCUT2D eigenvalue weighted by Crippen LogP contribution is 2.55. The van der Waals surface area contributed by atoms with Gasteiger partial charge < -0.3 is 20.4 Å². The van der Waals surface area contributed by atoms with E-state index in [1.165, 1.54) is 12.1 Å². The van der Waals surface area contributed by atoms with Crippen LogP contribution in [0.25, 0.3) is 0 Å². The fraction of sp³-hybridized carbons (Fsp3) is 0.519. The third-order valence-electron chi connectivity index (χ3n) is 8.04. The number of anilines is 1. The van der Waals surface area contributed by atoms with Gasteiger partial charge in [-0.2, -0.15) is 0 Å². The van der Waals surface area contributed by atoms with E-state index in [0.29, 0.717) is 31.6 Å². The molecule has 2 aromatic rings. The van der Waals surface area contributed by atoms with Crippen molar-refractivity contribution < 1.29 is 36.6 Å². The van der Waals surface area contributed by atoms with Crippen molar-refractivity contribution in [3.05, 3.63) is 58.4 Å². The molecule has 2 aliphatic carbocycles. The monoisotopic (exact) mass is 588 g/mol. The summed E-state index contributed by atoms with van der Waals surface area (Å²) in [6.45, 7) is 4.35. The second-order valence-corrected chi connectivity index (χ2v) is 13.6. The second kappa shape index (κ2) is 11.0. The number of nitrogens with one attached hydrogen (secondary N) is 1. The highest BCUT2D eigenvalue weighted by Gasteiger charge is 2.58. The summed E-state index contributed by atoms with van der Waals surface area (Å²) in [5.74, 6) is -5.99. The smallest absolute Gasteiger partial charge is 0.255 e. The summed E-state index contributed by atoms with van der Waals surface area (Å²) in [6, 6.07) is 4.88. The van der Waals surface area contributed by atoms with Gasteiger partial charge in [0.25, 0.3) is 5.91 Å². The van der Waals surface area contributed by atoms with Crippen LogP contribution in [0.3, 0.4) is 0 Å². The first-order valence-electron chi connectivity index (χ1n) is 12.7. The second-order valence-electron chi connectivity index (χ2n) is 11.0. The maximum atomic E-state index is 13.8. The van der Waals surface area contributed by atoms with Gasteiger partial charge in [-0.1, -0.05) is 18.5 Å². The number of rotatable bonds is 8. The Bertz CT molecular complexity index is 1350. The van der Waals surface area contributed by atoms with E-state index in [2.05, 4.69) is 5.32 Å². The van der Waals surface area contributed by atoms with Gasteiger partial charge in [0.2, 0.25) is 0 Å². The molecule has 2 bridgehead atoms. The van der Waals surface area contributed by atoms with E-state index in [1.54, 1.807) is 6.92 Å². The Balaban J connectivity index is 1.57. The largest absolute Gasteiger partial charge is 0.392 e. The third kappa shape index (κ3) is 5.83. The minimum Gasteiger partial charge on any atom is -0.392 e. The van der Waals surface area contributed by atoms with Crippen LogP contribution in [-0.2, 0) is 9.84 Å². The molecule has 2 aliphatic rings. The fourth-order valence-electron chi connectivity index (χ4n) is 6.37. The number of nitrogens with zero attached hydrogens (tertiary/aromatic N) is 1. The zero-order chi connectivity index (χ0) is 28.9. The van der Waals surface area contributed by atoms with E-state index in [1.807, 2.05) is 18.9 Å². The normalized spacial score (nSPS) is 27.5. The molecule has 2 aromatic carbocycles. The molecule has 0 radical (unpaired) electrons. The number of aliphatic hydroxyl groups is 2. The van der Waals surface area contributed by atoms with Gasteiger partial charge in [0, 0.05) is 36.5 Å². The summed E-state index contributed by atoms with van der Waals surface area (Å²) in [7, 11) is -2.23. The van der Waals surface area contributed by atoms with E-state index in [9.17, 15) is 36.6 Å². The minimum absolute atomic E-state index is 0.0803. The van der Waals surface area contributed by atoms with Crippen LogP contribution in [0.5, 0.6) is 0 Å².